The predicted octanol–water partition coefficient (Wildman–Crippen LogP) is 3.99. The zero-order valence-corrected chi connectivity index (χ0v) is 22.8. The van der Waals surface area contributed by atoms with Gasteiger partial charge in [0.2, 0.25) is 17.0 Å². The number of ether oxygens (including phenoxy) is 1. The maximum Gasteiger partial charge on any atom is 0.263 e. The molecule has 192 valence electrons. The molecule has 2 aliphatic heterocycles. The van der Waals surface area contributed by atoms with Gasteiger partial charge in [0.1, 0.15) is 12.4 Å². The number of carbonyl (C=O) groups excluding carboxylic acids is 1. The molecule has 1 aromatic carbocycles. The van der Waals surface area contributed by atoms with Crippen LogP contribution in [0.2, 0.25) is 5.28 Å². The third-order valence-electron chi connectivity index (χ3n) is 6.70. The summed E-state index contributed by atoms with van der Waals surface area (Å²) in [5.74, 6) is 0.539. The first-order valence-electron chi connectivity index (χ1n) is 12.0. The van der Waals surface area contributed by atoms with E-state index in [1.807, 2.05) is 25.7 Å². The van der Waals surface area contributed by atoms with Crippen molar-refractivity contribution in [1.82, 2.24) is 30.2 Å². The molecule has 1 saturated heterocycles. The lowest BCUT2D eigenvalue weighted by Crippen LogP contribution is -2.35. The molecule has 0 aliphatic carbocycles. The van der Waals surface area contributed by atoms with E-state index in [-0.39, 0.29) is 23.1 Å². The molecular weight excluding hydrogens is 533 g/mol. The zero-order valence-electron chi connectivity index (χ0n) is 20.4. The van der Waals surface area contributed by atoms with Crippen molar-refractivity contribution < 1.29 is 14.4 Å². The Labute approximate surface area is 222 Å². The highest BCUT2D eigenvalue weighted by Crippen LogP contribution is 2.51. The highest BCUT2D eigenvalue weighted by molar-refractivity contribution is 7.69. The van der Waals surface area contributed by atoms with Crippen molar-refractivity contribution in [2.45, 2.75) is 19.5 Å². The highest BCUT2D eigenvalue weighted by Gasteiger charge is 2.34. The molecule has 0 spiro atoms. The van der Waals surface area contributed by atoms with Crippen molar-refractivity contribution >= 4 is 63.1 Å². The van der Waals surface area contributed by atoms with Crippen molar-refractivity contribution in [3.05, 3.63) is 40.3 Å². The standard InChI is InChI=1S/C24H25ClN7O3PS/c1-13-9-26-20-18-16(37-21(20)22(33)29-13)4-3-15-19(18)27-11-17(30-15)35-23-14(10-28-24(25)31-23)12-32-5-7-36(2,34)8-6-32/h3-4,10-11,13,34H,5-9,12H2,1-2H3,(H-,26,29,33)/p+1/t13-/m1/s1. The number of hydrogen-bond acceptors (Lipinski definition) is 10. The lowest BCUT2D eigenvalue weighted by Gasteiger charge is -2.30. The summed E-state index contributed by atoms with van der Waals surface area (Å²) in [5.41, 5.74) is 2.92. The third-order valence-corrected chi connectivity index (χ3v) is 10.4. The molecule has 3 N–H and O–H groups in total. The van der Waals surface area contributed by atoms with Crippen molar-refractivity contribution in [3.8, 4) is 11.8 Å². The molecule has 1 amide bonds. The van der Waals surface area contributed by atoms with Crippen LogP contribution in [0.3, 0.4) is 0 Å². The molecule has 6 rings (SSSR count). The maximum atomic E-state index is 12.7. The van der Waals surface area contributed by atoms with Crippen LogP contribution in [0.25, 0.3) is 21.1 Å². The fourth-order valence-corrected chi connectivity index (χ4v) is 7.49. The summed E-state index contributed by atoms with van der Waals surface area (Å²) in [6.45, 7) is 6.78. The minimum Gasteiger partial charge on any atom is -0.418 e. The second-order valence-electron chi connectivity index (χ2n) is 9.71. The van der Waals surface area contributed by atoms with Crippen LogP contribution in [0.15, 0.2) is 24.5 Å². The lowest BCUT2D eigenvalue weighted by molar-refractivity contribution is 0.0949. The summed E-state index contributed by atoms with van der Waals surface area (Å²) in [7, 11) is -1.78. The summed E-state index contributed by atoms with van der Waals surface area (Å²) in [5, 5.41) is 7.38. The van der Waals surface area contributed by atoms with Gasteiger partial charge in [-0.05, 0) is 30.7 Å². The molecule has 0 bridgehead atoms. The average molecular weight is 559 g/mol. The number of thiophene rings is 1. The van der Waals surface area contributed by atoms with E-state index in [4.69, 9.17) is 16.3 Å². The Bertz CT molecular complexity index is 1520. The molecule has 0 saturated carbocycles. The molecule has 5 heterocycles. The quantitative estimate of drug-likeness (QED) is 0.252. The first kappa shape index (κ1) is 24.6. The van der Waals surface area contributed by atoms with E-state index in [1.165, 1.54) is 11.3 Å². The molecule has 1 fully saturated rings. The molecule has 10 nitrogen and oxygen atoms in total. The Balaban J connectivity index is 1.31. The van der Waals surface area contributed by atoms with Gasteiger partial charge >= 0.3 is 0 Å². The molecule has 13 heteroatoms. The number of nitrogens with one attached hydrogen (secondary N) is 2. The van der Waals surface area contributed by atoms with Crippen LogP contribution in [-0.2, 0) is 6.54 Å². The van der Waals surface area contributed by atoms with Crippen LogP contribution in [0.4, 0.5) is 5.69 Å². The summed E-state index contributed by atoms with van der Waals surface area (Å²) < 4.78 is 7.05. The highest BCUT2D eigenvalue weighted by atomic mass is 35.5. The lowest BCUT2D eigenvalue weighted by atomic mass is 10.1. The van der Waals surface area contributed by atoms with Crippen LogP contribution in [0.1, 0.15) is 22.2 Å². The topological polar surface area (TPSA) is 125 Å². The van der Waals surface area contributed by atoms with Gasteiger partial charge in [-0.1, -0.05) is 0 Å². The van der Waals surface area contributed by atoms with E-state index in [9.17, 15) is 9.69 Å². The first-order valence-corrected chi connectivity index (χ1v) is 15.8. The van der Waals surface area contributed by atoms with E-state index in [2.05, 4.69) is 35.5 Å². The Morgan fingerprint density at radius 3 is 2.86 bits per heavy atom. The van der Waals surface area contributed by atoms with E-state index in [1.54, 1.807) is 12.4 Å². The number of halogens is 1. The Morgan fingerprint density at radius 2 is 2.05 bits per heavy atom. The van der Waals surface area contributed by atoms with Gasteiger partial charge in [-0.3, -0.25) is 14.6 Å². The van der Waals surface area contributed by atoms with Gasteiger partial charge in [0.25, 0.3) is 5.91 Å². The van der Waals surface area contributed by atoms with Crippen LogP contribution >= 0.6 is 30.4 Å². The minimum atomic E-state index is -1.78. The number of benzene rings is 1. The second-order valence-corrected chi connectivity index (χ2v) is 14.7. The number of carbonyl (C=O) groups is 1. The number of nitrogens with zero attached hydrogens (tertiary/aromatic N) is 5. The van der Waals surface area contributed by atoms with Gasteiger partial charge in [0.05, 0.1) is 41.9 Å². The van der Waals surface area contributed by atoms with Crippen molar-refractivity contribution in [3.63, 3.8) is 0 Å². The number of amides is 1. The Morgan fingerprint density at radius 1 is 1.24 bits per heavy atom. The smallest absolute Gasteiger partial charge is 0.263 e. The Kier molecular flexibility index (Phi) is 6.37. The van der Waals surface area contributed by atoms with Crippen LogP contribution in [0.5, 0.6) is 11.8 Å². The van der Waals surface area contributed by atoms with Crippen LogP contribution in [-0.4, -0.2) is 80.3 Å². The fourth-order valence-electron chi connectivity index (χ4n) is 4.63. The summed E-state index contributed by atoms with van der Waals surface area (Å²) in [6.07, 6.45) is 4.85. The van der Waals surface area contributed by atoms with Crippen LogP contribution in [0, 0.1) is 0 Å². The second kappa shape index (κ2) is 9.56. The van der Waals surface area contributed by atoms with Crippen molar-refractivity contribution in [2.75, 3.05) is 43.9 Å². The SMILES string of the molecule is C[C@@H]1CNc2c(sc3ccc4nc(Oc5nc(Cl)ncc5CN5CC[P+](C)(O)CC5)cnc4c23)C(=O)N1. The largest absolute Gasteiger partial charge is 0.418 e. The summed E-state index contributed by atoms with van der Waals surface area (Å²) in [4.78, 5) is 43.8. The molecule has 1 atom stereocenters. The predicted molar refractivity (Wildman–Crippen MR) is 148 cm³/mol. The van der Waals surface area contributed by atoms with Gasteiger partial charge in [0.15, 0.2) is 0 Å². The third kappa shape index (κ3) is 4.94. The Hall–Kier alpha value is -2.69. The van der Waals surface area contributed by atoms with E-state index >= 15 is 0 Å². The maximum absolute atomic E-state index is 12.7. The number of aromatic nitrogens is 4. The van der Waals surface area contributed by atoms with Gasteiger partial charge in [0, 0.05) is 54.1 Å². The first-order chi connectivity index (χ1) is 17.8. The molecule has 0 radical (unpaired) electrons. The minimum absolute atomic E-state index is 0.0249. The number of rotatable bonds is 4. The number of anilines is 1. The summed E-state index contributed by atoms with van der Waals surface area (Å²) >= 11 is 7.54. The molecule has 37 heavy (non-hydrogen) atoms. The van der Waals surface area contributed by atoms with E-state index < -0.39 is 7.49 Å². The normalized spacial score (nSPS) is 19.8. The molecule has 2 aliphatic rings. The molecule has 0 unspecified atom stereocenters. The molecule has 3 aromatic heterocycles. The van der Waals surface area contributed by atoms with Gasteiger partial charge in [-0.2, -0.15) is 4.98 Å². The summed E-state index contributed by atoms with van der Waals surface area (Å²) in [6, 6.07) is 3.86. The fraction of sp³-hybridized carbons (Fsp3) is 0.375. The van der Waals surface area contributed by atoms with Crippen molar-refractivity contribution in [1.29, 1.82) is 0 Å². The van der Waals surface area contributed by atoms with Gasteiger partial charge in [-0.25, -0.2) is 15.0 Å². The monoisotopic (exact) mass is 558 g/mol. The zero-order chi connectivity index (χ0) is 25.7. The van der Waals surface area contributed by atoms with Crippen LogP contribution < -0.4 is 15.4 Å². The molecule has 4 aromatic rings. The number of hydrogen-bond donors (Lipinski definition) is 3. The number of fused-ring (bicyclic) bond motifs is 5. The van der Waals surface area contributed by atoms with Gasteiger partial charge in [-0.15, -0.1) is 11.3 Å². The molecular formula is C24H26ClN7O3PS+. The van der Waals surface area contributed by atoms with E-state index in [0.717, 1.165) is 46.8 Å². The average Bonchev–Trinajstić information content (AvgIpc) is 3.18. The van der Waals surface area contributed by atoms with Gasteiger partial charge < -0.3 is 15.4 Å². The van der Waals surface area contributed by atoms with Crippen molar-refractivity contribution in [2.24, 2.45) is 0 Å². The van der Waals surface area contributed by atoms with E-state index in [0.29, 0.717) is 34.9 Å².